The van der Waals surface area contributed by atoms with Gasteiger partial charge in [-0.3, -0.25) is 4.99 Å². The number of benzene rings is 2. The Bertz CT molecular complexity index is 910. The summed E-state index contributed by atoms with van der Waals surface area (Å²) in [6, 6.07) is 10.7. The third-order valence-corrected chi connectivity index (χ3v) is 5.02. The Kier molecular flexibility index (Phi) is 6.22. The highest BCUT2D eigenvalue weighted by molar-refractivity contribution is 5.83. The first-order chi connectivity index (χ1) is 14.4. The van der Waals surface area contributed by atoms with Crippen molar-refractivity contribution in [3.63, 3.8) is 0 Å². The number of nitrogens with zero attached hydrogens (tertiary/aromatic N) is 2. The van der Waals surface area contributed by atoms with Crippen molar-refractivity contribution in [2.45, 2.75) is 24.5 Å². The standard InChI is InChI=1S/C21H21F6N3O/c1-28-18-29-19(12-30(18)2,15-6-4-3-5-7-15)13-31-11-14-8-16(20(22,23)24)10-17(9-14)21(25,26)27/h3-10H,11-13H2,1-2H3,(H,28,29)/t19-/m1/s1. The van der Waals surface area contributed by atoms with Crippen LogP contribution in [0.3, 0.4) is 0 Å². The molecule has 0 bridgehead atoms. The van der Waals surface area contributed by atoms with Gasteiger partial charge in [-0.1, -0.05) is 30.3 Å². The van der Waals surface area contributed by atoms with Gasteiger partial charge in [-0.05, 0) is 29.3 Å². The second-order valence-electron chi connectivity index (χ2n) is 7.38. The molecule has 1 aliphatic heterocycles. The van der Waals surface area contributed by atoms with E-state index in [4.69, 9.17) is 4.74 Å². The van der Waals surface area contributed by atoms with Crippen LogP contribution in [0.2, 0.25) is 0 Å². The molecule has 0 saturated carbocycles. The fraction of sp³-hybridized carbons (Fsp3) is 0.381. The molecule has 0 aromatic heterocycles. The second-order valence-corrected chi connectivity index (χ2v) is 7.38. The molecule has 2 aromatic rings. The van der Waals surface area contributed by atoms with Gasteiger partial charge < -0.3 is 15.0 Å². The minimum Gasteiger partial charge on any atom is -0.374 e. The molecule has 0 amide bonds. The Morgan fingerprint density at radius 3 is 2.06 bits per heavy atom. The molecule has 1 aliphatic rings. The lowest BCUT2D eigenvalue weighted by atomic mass is 9.91. The minimum atomic E-state index is -4.90. The highest BCUT2D eigenvalue weighted by Gasteiger charge is 2.42. The fourth-order valence-electron chi connectivity index (χ4n) is 3.59. The van der Waals surface area contributed by atoms with Crippen LogP contribution >= 0.6 is 0 Å². The lowest BCUT2D eigenvalue weighted by molar-refractivity contribution is -0.143. The quantitative estimate of drug-likeness (QED) is 0.681. The fourth-order valence-corrected chi connectivity index (χ4v) is 3.59. The van der Waals surface area contributed by atoms with Crippen molar-refractivity contribution < 1.29 is 31.1 Å². The number of likely N-dealkylation sites (N-methyl/N-ethyl adjacent to an activating group) is 1. The van der Waals surface area contributed by atoms with Gasteiger partial charge in [-0.25, -0.2) is 0 Å². The number of halogens is 6. The molecule has 3 rings (SSSR count). The molecule has 0 radical (unpaired) electrons. The predicted molar refractivity (Wildman–Crippen MR) is 103 cm³/mol. The molecule has 0 spiro atoms. The van der Waals surface area contributed by atoms with Gasteiger partial charge in [0.2, 0.25) is 0 Å². The first-order valence-electron chi connectivity index (χ1n) is 9.32. The number of aliphatic imine (C=N–C) groups is 1. The van der Waals surface area contributed by atoms with Crippen LogP contribution in [0.5, 0.6) is 0 Å². The van der Waals surface area contributed by atoms with Crippen molar-refractivity contribution in [1.29, 1.82) is 0 Å². The van der Waals surface area contributed by atoms with Crippen LogP contribution in [0.4, 0.5) is 26.3 Å². The average Bonchev–Trinajstić information content (AvgIpc) is 3.04. The van der Waals surface area contributed by atoms with Gasteiger partial charge in [0.1, 0.15) is 5.54 Å². The van der Waals surface area contributed by atoms with Crippen molar-refractivity contribution in [1.82, 2.24) is 10.2 Å². The number of ether oxygens (including phenoxy) is 1. The SMILES string of the molecule is CN=C1N[C@](COCc2cc(C(F)(F)F)cc(C(F)(F)F)c2)(c2ccccc2)CN1C. The van der Waals surface area contributed by atoms with Crippen LogP contribution in [0.25, 0.3) is 0 Å². The molecule has 4 nitrogen and oxygen atoms in total. The van der Waals surface area contributed by atoms with Gasteiger partial charge in [-0.15, -0.1) is 0 Å². The summed E-state index contributed by atoms with van der Waals surface area (Å²) in [6.45, 7) is 0.0592. The molecule has 31 heavy (non-hydrogen) atoms. The van der Waals surface area contributed by atoms with E-state index in [-0.39, 0.29) is 18.2 Å². The minimum absolute atomic E-state index is 0.0119. The number of nitrogens with one attached hydrogen (secondary N) is 1. The largest absolute Gasteiger partial charge is 0.416 e. The molecule has 1 heterocycles. The third kappa shape index (κ3) is 5.12. The lowest BCUT2D eigenvalue weighted by Crippen LogP contribution is -2.45. The molecule has 168 valence electrons. The van der Waals surface area contributed by atoms with Crippen LogP contribution in [-0.2, 0) is 29.2 Å². The first-order valence-corrected chi connectivity index (χ1v) is 9.32. The summed E-state index contributed by atoms with van der Waals surface area (Å²) < 4.78 is 84.1. The van der Waals surface area contributed by atoms with E-state index in [9.17, 15) is 26.3 Å². The maximum absolute atomic E-state index is 13.1. The first kappa shape index (κ1) is 22.9. The van der Waals surface area contributed by atoms with Crippen LogP contribution in [0.15, 0.2) is 53.5 Å². The van der Waals surface area contributed by atoms with Gasteiger partial charge in [0.15, 0.2) is 5.96 Å². The third-order valence-electron chi connectivity index (χ3n) is 5.02. The molecule has 1 atom stereocenters. The lowest BCUT2D eigenvalue weighted by Gasteiger charge is -2.29. The highest BCUT2D eigenvalue weighted by atomic mass is 19.4. The summed E-state index contributed by atoms with van der Waals surface area (Å²) in [5.41, 5.74) is -2.82. The van der Waals surface area contributed by atoms with E-state index in [1.165, 1.54) is 0 Å². The summed E-state index contributed by atoms with van der Waals surface area (Å²) in [4.78, 5) is 6.02. The second kappa shape index (κ2) is 8.41. The molecular weight excluding hydrogens is 424 g/mol. The molecule has 0 unspecified atom stereocenters. The number of hydrogen-bond donors (Lipinski definition) is 1. The number of rotatable bonds is 5. The Morgan fingerprint density at radius 1 is 1.00 bits per heavy atom. The van der Waals surface area contributed by atoms with Gasteiger partial charge >= 0.3 is 12.4 Å². The Labute approximate surface area is 175 Å². The summed E-state index contributed by atoms with van der Waals surface area (Å²) in [5, 5.41) is 3.27. The van der Waals surface area contributed by atoms with Gasteiger partial charge in [0.25, 0.3) is 0 Å². The topological polar surface area (TPSA) is 36.9 Å². The van der Waals surface area contributed by atoms with Crippen molar-refractivity contribution in [3.05, 3.63) is 70.8 Å². The molecule has 0 aliphatic carbocycles. The van der Waals surface area contributed by atoms with Crippen molar-refractivity contribution in [2.75, 3.05) is 27.2 Å². The van der Waals surface area contributed by atoms with E-state index in [0.29, 0.717) is 24.6 Å². The van der Waals surface area contributed by atoms with E-state index in [2.05, 4.69) is 10.3 Å². The normalized spacial score (nSPS) is 20.9. The van der Waals surface area contributed by atoms with Gasteiger partial charge in [0, 0.05) is 14.1 Å². The zero-order chi connectivity index (χ0) is 22.9. The van der Waals surface area contributed by atoms with E-state index in [1.807, 2.05) is 42.3 Å². The zero-order valence-electron chi connectivity index (χ0n) is 16.8. The number of hydrogen-bond acceptors (Lipinski definition) is 2. The maximum Gasteiger partial charge on any atom is 0.416 e. The molecule has 2 aromatic carbocycles. The molecular formula is C21H21F6N3O. The molecule has 1 saturated heterocycles. The van der Waals surface area contributed by atoms with Crippen LogP contribution in [0, 0.1) is 0 Å². The number of guanidine groups is 1. The van der Waals surface area contributed by atoms with E-state index >= 15 is 0 Å². The van der Waals surface area contributed by atoms with E-state index in [1.54, 1.807) is 7.05 Å². The van der Waals surface area contributed by atoms with Crippen LogP contribution in [-0.4, -0.2) is 38.1 Å². The molecule has 1 N–H and O–H groups in total. The van der Waals surface area contributed by atoms with E-state index in [0.717, 1.165) is 5.56 Å². The monoisotopic (exact) mass is 445 g/mol. The summed E-state index contributed by atoms with van der Waals surface area (Å²) in [7, 11) is 3.44. The zero-order valence-corrected chi connectivity index (χ0v) is 16.8. The van der Waals surface area contributed by atoms with E-state index < -0.39 is 35.6 Å². The maximum atomic E-state index is 13.1. The number of alkyl halides is 6. The highest BCUT2D eigenvalue weighted by Crippen LogP contribution is 2.36. The summed E-state index contributed by atoms with van der Waals surface area (Å²) >= 11 is 0. The van der Waals surface area contributed by atoms with Crippen molar-refractivity contribution >= 4 is 5.96 Å². The average molecular weight is 445 g/mol. The van der Waals surface area contributed by atoms with Crippen molar-refractivity contribution in [2.24, 2.45) is 4.99 Å². The van der Waals surface area contributed by atoms with Crippen LogP contribution in [0.1, 0.15) is 22.3 Å². The van der Waals surface area contributed by atoms with Gasteiger partial charge in [-0.2, -0.15) is 26.3 Å². The molecule has 10 heteroatoms. The summed E-state index contributed by atoms with van der Waals surface area (Å²) in [6.07, 6.45) is -9.80. The van der Waals surface area contributed by atoms with Crippen molar-refractivity contribution in [3.8, 4) is 0 Å². The Balaban J connectivity index is 1.85. The Morgan fingerprint density at radius 2 is 1.58 bits per heavy atom. The molecule has 1 fully saturated rings. The smallest absolute Gasteiger partial charge is 0.374 e. The predicted octanol–water partition coefficient (Wildman–Crippen LogP) is 4.66. The summed E-state index contributed by atoms with van der Waals surface area (Å²) in [5.74, 6) is 0.603. The van der Waals surface area contributed by atoms with Crippen LogP contribution < -0.4 is 5.32 Å². The van der Waals surface area contributed by atoms with Gasteiger partial charge in [0.05, 0.1) is 30.9 Å². The Hall–Kier alpha value is -2.75.